The van der Waals surface area contributed by atoms with Crippen molar-refractivity contribution in [2.24, 2.45) is 12.0 Å². The number of aryl methyl sites for hydroxylation is 2. The smallest absolute Gasteiger partial charge is 0.278 e. The van der Waals surface area contributed by atoms with E-state index in [1.165, 1.54) is 5.56 Å². The number of aliphatic imine (C=N–C) groups is 1. The molecule has 4 aromatic rings. The van der Waals surface area contributed by atoms with Gasteiger partial charge in [-0.25, -0.2) is 18.1 Å². The summed E-state index contributed by atoms with van der Waals surface area (Å²) in [5.41, 5.74) is 8.21. The lowest BCUT2D eigenvalue weighted by Gasteiger charge is -2.24. The summed E-state index contributed by atoms with van der Waals surface area (Å²) in [5.74, 6) is -0.959. The summed E-state index contributed by atoms with van der Waals surface area (Å²) in [6.07, 6.45) is 7.97. The first kappa shape index (κ1) is 36.7. The van der Waals surface area contributed by atoms with Crippen molar-refractivity contribution < 1.29 is 18.0 Å². The van der Waals surface area contributed by atoms with Crippen LogP contribution in [0.1, 0.15) is 72.3 Å². The Balaban J connectivity index is 1.56. The number of nitrogens with zero attached hydrogens (tertiary/aromatic N) is 3. The van der Waals surface area contributed by atoms with Gasteiger partial charge in [-0.2, -0.15) is 0 Å². The second-order valence-electron chi connectivity index (χ2n) is 13.0. The molecule has 10 heteroatoms. The van der Waals surface area contributed by atoms with Gasteiger partial charge in [0.1, 0.15) is 0 Å². The third-order valence-electron chi connectivity index (χ3n) is 9.36. The number of carbonyl (C=O) groups is 2. The summed E-state index contributed by atoms with van der Waals surface area (Å²) in [6.45, 7) is 7.49. The highest BCUT2D eigenvalue weighted by Crippen LogP contribution is 2.36. The number of aromatic nitrogens is 1. The molecular weight excluding hydrogens is 647 g/mol. The van der Waals surface area contributed by atoms with E-state index in [1.54, 1.807) is 0 Å². The van der Waals surface area contributed by atoms with Gasteiger partial charge in [-0.1, -0.05) is 55.8 Å². The van der Waals surface area contributed by atoms with Gasteiger partial charge >= 0.3 is 0 Å². The Kier molecular flexibility index (Phi) is 12.1. The van der Waals surface area contributed by atoms with Crippen LogP contribution in [0.15, 0.2) is 77.8 Å². The number of rotatable bonds is 15. The molecule has 2 N–H and O–H groups in total. The Labute approximate surface area is 296 Å². The molecule has 5 rings (SSSR count). The molecule has 1 aliphatic rings. The first-order chi connectivity index (χ1) is 24.0. The molecule has 0 fully saturated rings. The molecule has 0 bridgehead atoms. The van der Waals surface area contributed by atoms with E-state index in [2.05, 4.69) is 26.4 Å². The van der Waals surface area contributed by atoms with Crippen LogP contribution < -0.4 is 14.9 Å². The molecule has 50 heavy (non-hydrogen) atoms. The highest BCUT2D eigenvalue weighted by Gasteiger charge is 2.33. The molecule has 3 aromatic carbocycles. The Morgan fingerprint density at radius 1 is 0.960 bits per heavy atom. The average Bonchev–Trinajstić information content (AvgIpc) is 3.41. The quantitative estimate of drug-likeness (QED) is 0.0777. The lowest BCUT2D eigenvalue weighted by atomic mass is 9.90. The van der Waals surface area contributed by atoms with Crippen molar-refractivity contribution in [2.75, 3.05) is 36.1 Å². The van der Waals surface area contributed by atoms with Gasteiger partial charge in [-0.05, 0) is 105 Å². The van der Waals surface area contributed by atoms with Crippen LogP contribution in [0.4, 0.5) is 17.1 Å². The Morgan fingerprint density at radius 3 is 2.34 bits per heavy atom. The second kappa shape index (κ2) is 16.4. The largest absolute Gasteiger partial charge is 0.370 e. The van der Waals surface area contributed by atoms with Crippen LogP contribution in [0, 0.1) is 6.92 Å². The Morgan fingerprint density at radius 2 is 1.68 bits per heavy atom. The van der Waals surface area contributed by atoms with Crippen molar-refractivity contribution in [3.63, 3.8) is 0 Å². The number of ketones is 1. The van der Waals surface area contributed by atoms with Crippen molar-refractivity contribution in [1.29, 1.82) is 0 Å². The van der Waals surface area contributed by atoms with E-state index in [-0.39, 0.29) is 12.3 Å². The summed E-state index contributed by atoms with van der Waals surface area (Å²) < 4.78 is 27.9. The third kappa shape index (κ3) is 8.78. The maximum absolute atomic E-state index is 14.9. The van der Waals surface area contributed by atoms with Gasteiger partial charge < -0.3 is 14.8 Å². The summed E-state index contributed by atoms with van der Waals surface area (Å²) in [4.78, 5) is 36.0. The second-order valence-corrected chi connectivity index (χ2v) is 14.9. The van der Waals surface area contributed by atoms with Gasteiger partial charge in [0.2, 0.25) is 15.8 Å². The van der Waals surface area contributed by atoms with Crippen LogP contribution in [0.3, 0.4) is 0 Å². The zero-order valence-corrected chi connectivity index (χ0v) is 30.7. The van der Waals surface area contributed by atoms with Crippen LogP contribution >= 0.6 is 0 Å². The van der Waals surface area contributed by atoms with Crippen LogP contribution in [-0.4, -0.2) is 56.3 Å². The first-order valence-electron chi connectivity index (χ1n) is 17.6. The number of unbranched alkanes of at least 4 members (excludes halogenated alkanes) is 1. The van der Waals surface area contributed by atoms with Crippen LogP contribution in [0.25, 0.3) is 11.3 Å². The number of anilines is 2. The zero-order valence-electron chi connectivity index (χ0n) is 29.9. The molecule has 0 unspecified atom stereocenters. The molecule has 0 atom stereocenters. The number of hydrogen-bond donors (Lipinski definition) is 2. The average molecular weight is 696 g/mol. The van der Waals surface area contributed by atoms with Crippen molar-refractivity contribution in [3.05, 3.63) is 101 Å². The van der Waals surface area contributed by atoms with Gasteiger partial charge in [-0.3, -0.25) is 9.59 Å². The van der Waals surface area contributed by atoms with Gasteiger partial charge in [0.05, 0.1) is 23.2 Å². The number of likely N-dealkylation sites (N-methyl/N-ethyl adjacent to an activating group) is 1. The van der Waals surface area contributed by atoms with Gasteiger partial charge in [0.15, 0.2) is 5.71 Å². The molecule has 9 nitrogen and oxygen atoms in total. The monoisotopic (exact) mass is 695 g/mol. The lowest BCUT2D eigenvalue weighted by molar-refractivity contribution is -0.110. The van der Waals surface area contributed by atoms with Gasteiger partial charge in [0, 0.05) is 43.8 Å². The highest BCUT2D eigenvalue weighted by molar-refractivity contribution is 7.88. The first-order valence-corrected chi connectivity index (χ1v) is 19.5. The molecule has 0 aliphatic heterocycles. The van der Waals surface area contributed by atoms with Crippen molar-refractivity contribution in [2.45, 2.75) is 65.7 Å². The number of amides is 1. The molecule has 0 spiro atoms. The Bertz CT molecular complexity index is 1960. The molecular formula is C40H49N5O4S. The van der Waals surface area contributed by atoms with Crippen LogP contribution in [0.5, 0.6) is 0 Å². The number of Topliss-reactive ketones (excluding diaryl/α,β-unsaturated/α-hetero) is 1. The molecule has 0 radical (unpaired) electrons. The molecule has 1 aliphatic carbocycles. The molecule has 0 saturated carbocycles. The summed E-state index contributed by atoms with van der Waals surface area (Å²) in [7, 11) is -1.29. The van der Waals surface area contributed by atoms with E-state index < -0.39 is 21.7 Å². The molecule has 0 saturated heterocycles. The van der Waals surface area contributed by atoms with E-state index in [0.29, 0.717) is 30.0 Å². The fourth-order valence-corrected chi connectivity index (χ4v) is 7.18. The molecule has 1 heterocycles. The van der Waals surface area contributed by atoms with E-state index in [1.807, 2.05) is 93.7 Å². The number of fused-ring (bicyclic) bond motifs is 1. The normalized spacial score (nSPS) is 13.2. The van der Waals surface area contributed by atoms with E-state index in [4.69, 9.17) is 4.99 Å². The minimum Gasteiger partial charge on any atom is -0.370 e. The number of nitrogens with one attached hydrogen (secondary N) is 2. The number of hydrogen-bond acceptors (Lipinski definition) is 6. The van der Waals surface area contributed by atoms with Crippen molar-refractivity contribution >= 4 is 44.5 Å². The van der Waals surface area contributed by atoms with Crippen LogP contribution in [0.2, 0.25) is 0 Å². The van der Waals surface area contributed by atoms with Crippen molar-refractivity contribution in [3.8, 4) is 11.3 Å². The SMILES string of the molecule is CCCCc1ccc(NC(=O)C(=Nc2ccc(N(CC)CCNS(C)(=O)=O)cc2C)C(=O)c2c3c(n(C)c2-c2ccccc2)CCCC3)cc1. The molecule has 264 valence electrons. The zero-order chi connectivity index (χ0) is 35.8. The minimum absolute atomic E-state index is 0.170. The summed E-state index contributed by atoms with van der Waals surface area (Å²) in [6, 6.07) is 23.3. The predicted molar refractivity (Wildman–Crippen MR) is 205 cm³/mol. The van der Waals surface area contributed by atoms with Gasteiger partial charge in [-0.15, -0.1) is 0 Å². The summed E-state index contributed by atoms with van der Waals surface area (Å²) >= 11 is 0. The topological polar surface area (TPSA) is 113 Å². The highest BCUT2D eigenvalue weighted by atomic mass is 32.2. The summed E-state index contributed by atoms with van der Waals surface area (Å²) in [5, 5.41) is 2.97. The molecule has 1 aromatic heterocycles. The van der Waals surface area contributed by atoms with Crippen molar-refractivity contribution in [1.82, 2.24) is 9.29 Å². The fourth-order valence-electron chi connectivity index (χ4n) is 6.72. The minimum atomic E-state index is -3.30. The predicted octanol–water partition coefficient (Wildman–Crippen LogP) is 7.19. The number of sulfonamides is 1. The lowest BCUT2D eigenvalue weighted by Crippen LogP contribution is -2.34. The van der Waals surface area contributed by atoms with E-state index >= 15 is 0 Å². The Hall–Kier alpha value is -4.54. The van der Waals surface area contributed by atoms with Gasteiger partial charge in [0.25, 0.3) is 5.91 Å². The molecule has 1 amide bonds. The fraction of sp³-hybridized carbons (Fsp3) is 0.375. The maximum atomic E-state index is 14.9. The van der Waals surface area contributed by atoms with E-state index in [9.17, 15) is 18.0 Å². The standard InChI is InChI=1S/C40H49N5O4S/c1-6-8-14-29-19-21-31(22-20-29)42-40(47)37(43-34-24-23-32(27-28(34)3)45(7-2)26-25-41-50(5,48)49)39(46)36-33-17-12-13-18-35(33)44(4)38(36)30-15-10-9-11-16-30/h9-11,15-16,19-24,27,41H,6-8,12-14,17-18,25-26H2,1-5H3,(H,42,47). The number of carbonyl (C=O) groups excluding carboxylic acids is 2. The van der Waals surface area contributed by atoms with Crippen LogP contribution in [-0.2, 0) is 41.1 Å². The maximum Gasteiger partial charge on any atom is 0.278 e. The number of benzene rings is 3. The van der Waals surface area contributed by atoms with E-state index in [0.717, 1.165) is 85.0 Å². The third-order valence-corrected chi connectivity index (χ3v) is 10.1.